The Bertz CT molecular complexity index is 161. The summed E-state index contributed by atoms with van der Waals surface area (Å²) in [6.07, 6.45) is 1.24. The smallest absolute Gasteiger partial charge is 0.179 e. The lowest BCUT2D eigenvalue weighted by atomic mass is 10.2. The molecule has 0 aliphatic rings. The maximum absolute atomic E-state index is 10.7. The molecule has 0 fully saturated rings. The number of hydrogen-bond acceptors (Lipinski definition) is 3. The summed E-state index contributed by atoms with van der Waals surface area (Å²) in [5.74, 6) is -0.0618. The number of rotatable bonds is 4. The number of hydrogen-bond donors (Lipinski definition) is 0. The Morgan fingerprint density at radius 2 is 2.40 bits per heavy atom. The van der Waals surface area contributed by atoms with Crippen LogP contribution in [0.1, 0.15) is 6.92 Å². The highest BCUT2D eigenvalue weighted by Crippen LogP contribution is 1.88. The van der Waals surface area contributed by atoms with E-state index >= 15 is 0 Å². The van der Waals surface area contributed by atoms with E-state index in [1.54, 1.807) is 6.92 Å². The number of nitrogens with zero attached hydrogens (tertiary/aromatic N) is 1. The fraction of sp³-hybridized carbons (Fsp3) is 0.429. The molecule has 0 saturated carbocycles. The largest absolute Gasteiger partial charge is 0.487 e. The number of carbonyl (C=O) groups is 1. The number of aliphatic imine (C=N–C) groups is 1. The van der Waals surface area contributed by atoms with E-state index in [-0.39, 0.29) is 12.3 Å². The third-order valence-electron chi connectivity index (χ3n) is 0.891. The van der Waals surface area contributed by atoms with Crippen molar-refractivity contribution in [3.63, 3.8) is 0 Å². The van der Waals surface area contributed by atoms with Gasteiger partial charge in [0, 0.05) is 0 Å². The first-order valence-electron chi connectivity index (χ1n) is 2.88. The zero-order valence-electron chi connectivity index (χ0n) is 6.26. The molecular weight excluding hydrogens is 130 g/mol. The van der Waals surface area contributed by atoms with Gasteiger partial charge in [-0.25, -0.2) is 0 Å². The van der Waals surface area contributed by atoms with Gasteiger partial charge in [-0.1, -0.05) is 6.58 Å². The van der Waals surface area contributed by atoms with Crippen LogP contribution in [0.4, 0.5) is 0 Å². The van der Waals surface area contributed by atoms with E-state index in [0.717, 1.165) is 0 Å². The molecule has 0 saturated heterocycles. The SMILES string of the molecule is C=C(C)C(=O)CN=COC. The van der Waals surface area contributed by atoms with Gasteiger partial charge in [-0.2, -0.15) is 0 Å². The number of ketones is 1. The maximum Gasteiger partial charge on any atom is 0.179 e. The number of ether oxygens (including phenoxy) is 1. The highest BCUT2D eigenvalue weighted by Gasteiger charge is 1.97. The molecule has 0 N–H and O–H groups in total. The summed E-state index contributed by atoms with van der Waals surface area (Å²) in [5, 5.41) is 0. The molecule has 56 valence electrons. The van der Waals surface area contributed by atoms with E-state index in [9.17, 15) is 4.79 Å². The van der Waals surface area contributed by atoms with Crippen LogP contribution in [0.3, 0.4) is 0 Å². The van der Waals surface area contributed by atoms with Crippen molar-refractivity contribution in [1.82, 2.24) is 0 Å². The van der Waals surface area contributed by atoms with E-state index < -0.39 is 0 Å². The van der Waals surface area contributed by atoms with Gasteiger partial charge in [0.25, 0.3) is 0 Å². The van der Waals surface area contributed by atoms with Crippen LogP contribution in [0.2, 0.25) is 0 Å². The molecule has 0 aliphatic heterocycles. The minimum Gasteiger partial charge on any atom is -0.487 e. The molecule has 0 rings (SSSR count). The minimum atomic E-state index is -0.0618. The molecular formula is C7H11NO2. The summed E-state index contributed by atoms with van der Waals surface area (Å²) >= 11 is 0. The van der Waals surface area contributed by atoms with Crippen molar-refractivity contribution in [1.29, 1.82) is 0 Å². The van der Waals surface area contributed by atoms with Gasteiger partial charge in [0.05, 0.1) is 7.11 Å². The van der Waals surface area contributed by atoms with Crippen LogP contribution < -0.4 is 0 Å². The molecule has 0 aromatic rings. The first-order chi connectivity index (χ1) is 4.68. The van der Waals surface area contributed by atoms with E-state index in [2.05, 4.69) is 16.3 Å². The van der Waals surface area contributed by atoms with Crippen LogP contribution >= 0.6 is 0 Å². The van der Waals surface area contributed by atoms with Gasteiger partial charge in [-0.05, 0) is 12.5 Å². The van der Waals surface area contributed by atoms with E-state index in [1.807, 2.05) is 0 Å². The average Bonchev–Trinajstić information content (AvgIpc) is 1.88. The predicted octanol–water partition coefficient (Wildman–Crippen LogP) is 0.806. The molecule has 0 bridgehead atoms. The number of carbonyl (C=O) groups excluding carboxylic acids is 1. The molecule has 0 heterocycles. The fourth-order valence-electron chi connectivity index (χ4n) is 0.330. The Labute approximate surface area is 60.4 Å². The van der Waals surface area contributed by atoms with E-state index in [4.69, 9.17) is 0 Å². The summed E-state index contributed by atoms with van der Waals surface area (Å²) in [7, 11) is 1.48. The topological polar surface area (TPSA) is 38.7 Å². The standard InChI is InChI=1S/C7H11NO2/c1-6(2)7(9)4-8-5-10-3/h5H,1,4H2,2-3H3. The zero-order chi connectivity index (χ0) is 7.98. The molecule has 0 aromatic heterocycles. The Hall–Kier alpha value is -1.12. The first-order valence-corrected chi connectivity index (χ1v) is 2.88. The van der Waals surface area contributed by atoms with Crippen molar-refractivity contribution < 1.29 is 9.53 Å². The van der Waals surface area contributed by atoms with Gasteiger partial charge < -0.3 is 4.74 Å². The number of Topliss-reactive ketones (excluding diaryl/α,β-unsaturated/α-hetero) is 1. The van der Waals surface area contributed by atoms with Crippen molar-refractivity contribution >= 4 is 12.2 Å². The van der Waals surface area contributed by atoms with Crippen LogP contribution in [0.5, 0.6) is 0 Å². The zero-order valence-corrected chi connectivity index (χ0v) is 6.26. The van der Waals surface area contributed by atoms with Gasteiger partial charge in [0.1, 0.15) is 6.54 Å². The van der Waals surface area contributed by atoms with Crippen molar-refractivity contribution in [3.8, 4) is 0 Å². The molecule has 0 unspecified atom stereocenters. The van der Waals surface area contributed by atoms with Crippen molar-refractivity contribution in [2.24, 2.45) is 4.99 Å². The second-order valence-corrected chi connectivity index (χ2v) is 1.89. The van der Waals surface area contributed by atoms with Crippen LogP contribution in [-0.4, -0.2) is 25.8 Å². The van der Waals surface area contributed by atoms with Crippen LogP contribution in [0.25, 0.3) is 0 Å². The second kappa shape index (κ2) is 4.73. The summed E-state index contributed by atoms with van der Waals surface area (Å²) in [6.45, 7) is 5.26. The van der Waals surface area contributed by atoms with Crippen LogP contribution in [-0.2, 0) is 9.53 Å². The highest BCUT2D eigenvalue weighted by atomic mass is 16.5. The normalized spacial score (nSPS) is 9.80. The van der Waals surface area contributed by atoms with Gasteiger partial charge in [-0.15, -0.1) is 0 Å². The molecule has 0 atom stereocenters. The lowest BCUT2D eigenvalue weighted by molar-refractivity contribution is -0.114. The summed E-state index contributed by atoms with van der Waals surface area (Å²) in [6, 6.07) is 0. The third-order valence-corrected chi connectivity index (χ3v) is 0.891. The van der Waals surface area contributed by atoms with Crippen molar-refractivity contribution in [2.45, 2.75) is 6.92 Å². The van der Waals surface area contributed by atoms with Gasteiger partial charge in [-0.3, -0.25) is 9.79 Å². The van der Waals surface area contributed by atoms with Crippen molar-refractivity contribution in [3.05, 3.63) is 12.2 Å². The van der Waals surface area contributed by atoms with Crippen LogP contribution in [0.15, 0.2) is 17.1 Å². The third kappa shape index (κ3) is 3.83. The highest BCUT2D eigenvalue weighted by molar-refractivity contribution is 5.96. The molecule has 0 amide bonds. The quantitative estimate of drug-likeness (QED) is 0.330. The molecule has 0 aromatic carbocycles. The summed E-state index contributed by atoms with van der Waals surface area (Å²) in [4.78, 5) is 14.4. The van der Waals surface area contributed by atoms with Gasteiger partial charge >= 0.3 is 0 Å². The fourth-order valence-corrected chi connectivity index (χ4v) is 0.330. The average molecular weight is 141 g/mol. The number of methoxy groups -OCH3 is 1. The first kappa shape index (κ1) is 8.88. The van der Waals surface area contributed by atoms with Crippen molar-refractivity contribution in [2.75, 3.05) is 13.7 Å². The van der Waals surface area contributed by atoms with Crippen LogP contribution in [0, 0.1) is 0 Å². The monoisotopic (exact) mass is 141 g/mol. The second-order valence-electron chi connectivity index (χ2n) is 1.89. The Kier molecular flexibility index (Phi) is 4.20. The lowest BCUT2D eigenvalue weighted by Gasteiger charge is -1.91. The van der Waals surface area contributed by atoms with Gasteiger partial charge in [0.2, 0.25) is 0 Å². The Morgan fingerprint density at radius 3 is 2.80 bits per heavy atom. The Morgan fingerprint density at radius 1 is 1.80 bits per heavy atom. The molecule has 0 aliphatic carbocycles. The molecule has 10 heavy (non-hydrogen) atoms. The summed E-state index contributed by atoms with van der Waals surface area (Å²) in [5.41, 5.74) is 0.522. The molecule has 0 spiro atoms. The summed E-state index contributed by atoms with van der Waals surface area (Å²) < 4.78 is 4.50. The molecule has 3 heteroatoms. The maximum atomic E-state index is 10.7. The minimum absolute atomic E-state index is 0.0618. The van der Waals surface area contributed by atoms with Gasteiger partial charge in [0.15, 0.2) is 12.2 Å². The lowest BCUT2D eigenvalue weighted by Crippen LogP contribution is -2.02. The van der Waals surface area contributed by atoms with E-state index in [1.165, 1.54) is 13.5 Å². The van der Waals surface area contributed by atoms with E-state index in [0.29, 0.717) is 5.57 Å². The molecule has 3 nitrogen and oxygen atoms in total. The predicted molar refractivity (Wildman–Crippen MR) is 40.2 cm³/mol. The molecule has 0 radical (unpaired) electrons. The Balaban J connectivity index is 3.60.